The average Bonchev–Trinajstić information content (AvgIpc) is 2.52. The van der Waals surface area contributed by atoms with E-state index < -0.39 is 11.6 Å². The second-order valence-electron chi connectivity index (χ2n) is 5.87. The maximum Gasteiger partial charge on any atom is 0.238 e. The van der Waals surface area contributed by atoms with Crippen molar-refractivity contribution in [2.45, 2.75) is 27.3 Å². The van der Waals surface area contributed by atoms with Gasteiger partial charge in [-0.25, -0.2) is 8.78 Å². The lowest BCUT2D eigenvalue weighted by Crippen LogP contribution is -2.33. The van der Waals surface area contributed by atoms with E-state index in [9.17, 15) is 13.6 Å². The Morgan fingerprint density at radius 1 is 1.12 bits per heavy atom. The lowest BCUT2D eigenvalue weighted by atomic mass is 10.1. The van der Waals surface area contributed by atoms with Gasteiger partial charge in [0.15, 0.2) is 0 Å². The molecule has 0 unspecified atom stereocenters. The summed E-state index contributed by atoms with van der Waals surface area (Å²) in [6.07, 6.45) is 0. The molecular formula is C19H22F2N2O. The van der Waals surface area contributed by atoms with Crippen molar-refractivity contribution < 1.29 is 13.6 Å². The van der Waals surface area contributed by atoms with E-state index >= 15 is 0 Å². The Kier molecular flexibility index (Phi) is 6.04. The molecule has 0 bridgehead atoms. The molecule has 5 heteroatoms. The molecule has 0 radical (unpaired) electrons. The highest BCUT2D eigenvalue weighted by Gasteiger charge is 2.15. The third-order valence-corrected chi connectivity index (χ3v) is 3.91. The predicted molar refractivity (Wildman–Crippen MR) is 91.9 cm³/mol. The maximum absolute atomic E-state index is 13.8. The first-order chi connectivity index (χ1) is 11.4. The summed E-state index contributed by atoms with van der Waals surface area (Å²) >= 11 is 0. The van der Waals surface area contributed by atoms with Crippen molar-refractivity contribution in [1.29, 1.82) is 0 Å². The number of carbonyl (C=O) groups excluding carboxylic acids is 1. The molecule has 0 heterocycles. The van der Waals surface area contributed by atoms with Crippen LogP contribution in [0.25, 0.3) is 0 Å². The molecule has 0 aromatic heterocycles. The summed E-state index contributed by atoms with van der Waals surface area (Å²) in [5.74, 6) is -1.40. The van der Waals surface area contributed by atoms with Crippen molar-refractivity contribution in [1.82, 2.24) is 4.90 Å². The first-order valence-corrected chi connectivity index (χ1v) is 7.93. The minimum absolute atomic E-state index is 0.0151. The maximum atomic E-state index is 13.8. The summed E-state index contributed by atoms with van der Waals surface area (Å²) in [5, 5.41) is 2.85. The van der Waals surface area contributed by atoms with Crippen LogP contribution in [0.4, 0.5) is 14.5 Å². The highest BCUT2D eigenvalue weighted by Crippen LogP contribution is 2.17. The number of carbonyl (C=O) groups is 1. The molecule has 2 aromatic carbocycles. The van der Waals surface area contributed by atoms with Crippen molar-refractivity contribution in [2.24, 2.45) is 0 Å². The van der Waals surface area contributed by atoms with Crippen LogP contribution in [0.1, 0.15) is 23.6 Å². The first-order valence-electron chi connectivity index (χ1n) is 7.93. The number of rotatable bonds is 6. The van der Waals surface area contributed by atoms with E-state index in [2.05, 4.69) is 5.32 Å². The van der Waals surface area contributed by atoms with Crippen molar-refractivity contribution in [3.8, 4) is 0 Å². The third-order valence-electron chi connectivity index (χ3n) is 3.91. The fourth-order valence-corrected chi connectivity index (χ4v) is 2.53. The molecule has 1 amide bonds. The molecule has 0 aliphatic heterocycles. The second-order valence-corrected chi connectivity index (χ2v) is 5.87. The number of halogens is 2. The van der Waals surface area contributed by atoms with Crippen LogP contribution < -0.4 is 5.32 Å². The van der Waals surface area contributed by atoms with E-state index in [1.54, 1.807) is 4.90 Å². The van der Waals surface area contributed by atoms with Gasteiger partial charge in [0.05, 0.1) is 6.54 Å². The predicted octanol–water partition coefficient (Wildman–Crippen LogP) is 4.04. The molecule has 2 rings (SSSR count). The molecule has 1 N–H and O–H groups in total. The van der Waals surface area contributed by atoms with Crippen molar-refractivity contribution in [3.63, 3.8) is 0 Å². The lowest BCUT2D eigenvalue weighted by Gasteiger charge is -2.21. The molecule has 0 atom stereocenters. The van der Waals surface area contributed by atoms with Crippen molar-refractivity contribution >= 4 is 11.6 Å². The van der Waals surface area contributed by atoms with E-state index in [1.807, 2.05) is 39.0 Å². The molecular weight excluding hydrogens is 310 g/mol. The van der Waals surface area contributed by atoms with Crippen LogP contribution in [0, 0.1) is 25.5 Å². The van der Waals surface area contributed by atoms with E-state index in [0.29, 0.717) is 6.54 Å². The van der Waals surface area contributed by atoms with E-state index in [1.165, 1.54) is 18.2 Å². The Balaban J connectivity index is 2.03. The van der Waals surface area contributed by atoms with Gasteiger partial charge >= 0.3 is 0 Å². The lowest BCUT2D eigenvalue weighted by molar-refractivity contribution is -0.117. The number of aryl methyl sites for hydroxylation is 2. The second kappa shape index (κ2) is 8.02. The first kappa shape index (κ1) is 18.1. The van der Waals surface area contributed by atoms with Gasteiger partial charge in [-0.15, -0.1) is 0 Å². The van der Waals surface area contributed by atoms with Gasteiger partial charge in [-0.2, -0.15) is 0 Å². The fraction of sp³-hybridized carbons (Fsp3) is 0.316. The van der Waals surface area contributed by atoms with Crippen LogP contribution in [0.15, 0.2) is 36.4 Å². The van der Waals surface area contributed by atoms with Gasteiger partial charge in [0, 0.05) is 17.8 Å². The van der Waals surface area contributed by atoms with Gasteiger partial charge in [-0.3, -0.25) is 9.69 Å². The topological polar surface area (TPSA) is 32.3 Å². The van der Waals surface area contributed by atoms with E-state index in [4.69, 9.17) is 0 Å². The summed E-state index contributed by atoms with van der Waals surface area (Å²) in [6, 6.07) is 9.55. The third kappa shape index (κ3) is 4.61. The number of nitrogens with one attached hydrogen (secondary N) is 1. The molecule has 0 saturated heterocycles. The van der Waals surface area contributed by atoms with Crippen LogP contribution in [-0.2, 0) is 11.3 Å². The molecule has 0 aliphatic carbocycles. The highest BCUT2D eigenvalue weighted by atomic mass is 19.1. The largest absolute Gasteiger partial charge is 0.325 e. The van der Waals surface area contributed by atoms with Gasteiger partial charge in [-0.1, -0.05) is 30.7 Å². The standard InChI is InChI=1S/C19H22F2N2O/c1-4-23(11-15-16(20)6-5-7-17(15)21)12-19(24)22-18-9-8-13(2)10-14(18)3/h5-10H,4,11-12H2,1-3H3,(H,22,24). The Labute approximate surface area is 141 Å². The number of benzene rings is 2. The Hall–Kier alpha value is -2.27. The molecule has 0 fully saturated rings. The normalized spacial score (nSPS) is 10.9. The van der Waals surface area contributed by atoms with E-state index in [-0.39, 0.29) is 24.6 Å². The Bertz CT molecular complexity index is 711. The van der Waals surface area contributed by atoms with Gasteiger partial charge < -0.3 is 5.32 Å². The summed E-state index contributed by atoms with van der Waals surface area (Å²) < 4.78 is 27.5. The van der Waals surface area contributed by atoms with Crippen LogP contribution in [0.5, 0.6) is 0 Å². The number of nitrogens with zero attached hydrogens (tertiary/aromatic N) is 1. The van der Waals surface area contributed by atoms with E-state index in [0.717, 1.165) is 16.8 Å². The number of hydrogen-bond acceptors (Lipinski definition) is 2. The highest BCUT2D eigenvalue weighted by molar-refractivity contribution is 5.93. The number of likely N-dealkylation sites (N-methyl/N-ethyl adjacent to an activating group) is 1. The minimum atomic E-state index is -0.594. The monoisotopic (exact) mass is 332 g/mol. The molecule has 0 aliphatic rings. The van der Waals surface area contributed by atoms with Gasteiger partial charge in [0.25, 0.3) is 0 Å². The summed E-state index contributed by atoms with van der Waals surface area (Å²) in [7, 11) is 0. The number of anilines is 1. The van der Waals surface area contributed by atoms with Gasteiger partial charge in [-0.05, 0) is 44.2 Å². The molecule has 0 saturated carbocycles. The summed E-state index contributed by atoms with van der Waals surface area (Å²) in [5.41, 5.74) is 2.83. The smallest absolute Gasteiger partial charge is 0.238 e. The zero-order chi connectivity index (χ0) is 17.7. The molecule has 128 valence electrons. The van der Waals surface area contributed by atoms with Crippen molar-refractivity contribution in [2.75, 3.05) is 18.4 Å². The zero-order valence-corrected chi connectivity index (χ0v) is 14.2. The van der Waals surface area contributed by atoms with Gasteiger partial charge in [0.2, 0.25) is 5.91 Å². The van der Waals surface area contributed by atoms with Crippen molar-refractivity contribution in [3.05, 3.63) is 64.7 Å². The Morgan fingerprint density at radius 2 is 1.79 bits per heavy atom. The van der Waals surface area contributed by atoms with Crippen LogP contribution in [0.3, 0.4) is 0 Å². The zero-order valence-electron chi connectivity index (χ0n) is 14.2. The fourth-order valence-electron chi connectivity index (χ4n) is 2.53. The average molecular weight is 332 g/mol. The summed E-state index contributed by atoms with van der Waals surface area (Å²) in [6.45, 7) is 6.39. The Morgan fingerprint density at radius 3 is 2.38 bits per heavy atom. The quantitative estimate of drug-likeness (QED) is 0.866. The number of amides is 1. The molecule has 2 aromatic rings. The number of hydrogen-bond donors (Lipinski definition) is 1. The minimum Gasteiger partial charge on any atom is -0.325 e. The molecule has 3 nitrogen and oxygen atoms in total. The summed E-state index contributed by atoms with van der Waals surface area (Å²) in [4.78, 5) is 13.9. The molecule has 24 heavy (non-hydrogen) atoms. The van der Waals surface area contributed by atoms with Gasteiger partial charge in [0.1, 0.15) is 11.6 Å². The van der Waals surface area contributed by atoms with Crippen LogP contribution in [-0.4, -0.2) is 23.9 Å². The van der Waals surface area contributed by atoms with Crippen LogP contribution >= 0.6 is 0 Å². The molecule has 0 spiro atoms. The SMILES string of the molecule is CCN(CC(=O)Nc1ccc(C)cc1C)Cc1c(F)cccc1F. The van der Waals surface area contributed by atoms with Crippen LogP contribution in [0.2, 0.25) is 0 Å².